The van der Waals surface area contributed by atoms with Crippen molar-refractivity contribution in [1.29, 1.82) is 0 Å². The molecular formula is C6H8O6. The number of hydrogen-bond acceptors (Lipinski definition) is 4. The first-order valence-electron chi connectivity index (χ1n) is 3.05. The first-order valence-corrected chi connectivity index (χ1v) is 3.05. The first kappa shape index (κ1) is 10.6. The molecule has 68 valence electrons. The fourth-order valence-electron chi connectivity index (χ4n) is 0.641. The van der Waals surface area contributed by atoms with Gasteiger partial charge in [-0.15, -0.1) is 0 Å². The number of carbonyl (C=O) groups excluding carboxylic acids is 1. The van der Waals surface area contributed by atoms with E-state index < -0.39 is 30.4 Å². The quantitative estimate of drug-likeness (QED) is 0.355. The Bertz CT molecular complexity index is 194. The molecule has 0 saturated carbocycles. The standard InChI is InChI=1S/C6H8O6/c7-2-1-6(3-8,4(9)10)5(11)12/h3,7H,1-2H2,(H,9,10)(H,11,12). The molecule has 0 unspecified atom stereocenters. The summed E-state index contributed by atoms with van der Waals surface area (Å²) >= 11 is 0. The number of hydrogen-bond donors (Lipinski definition) is 3. The van der Waals surface area contributed by atoms with Crippen LogP contribution in [0, 0.1) is 5.41 Å². The molecule has 6 nitrogen and oxygen atoms in total. The lowest BCUT2D eigenvalue weighted by Gasteiger charge is -2.15. The molecule has 0 aromatic carbocycles. The fraction of sp³-hybridized carbons (Fsp3) is 0.500. The molecule has 0 spiro atoms. The van der Waals surface area contributed by atoms with E-state index in [1.807, 2.05) is 0 Å². The Morgan fingerprint density at radius 3 is 1.75 bits per heavy atom. The third-order valence-corrected chi connectivity index (χ3v) is 1.47. The third-order valence-electron chi connectivity index (χ3n) is 1.47. The van der Waals surface area contributed by atoms with E-state index in [4.69, 9.17) is 15.3 Å². The maximum atomic E-state index is 10.4. The monoisotopic (exact) mass is 176 g/mol. The van der Waals surface area contributed by atoms with Crippen LogP contribution in [-0.2, 0) is 14.4 Å². The zero-order valence-electron chi connectivity index (χ0n) is 6.06. The zero-order chi connectivity index (χ0) is 9.78. The average Bonchev–Trinajstić information content (AvgIpc) is 1.98. The first-order chi connectivity index (χ1) is 5.51. The number of rotatable bonds is 5. The molecule has 6 heteroatoms. The highest BCUT2D eigenvalue weighted by atomic mass is 16.4. The molecule has 0 atom stereocenters. The number of aldehydes is 1. The Labute approximate surface area is 67.4 Å². The van der Waals surface area contributed by atoms with Crippen LogP contribution < -0.4 is 0 Å². The number of carboxylic acid groups (broad SMARTS) is 2. The summed E-state index contributed by atoms with van der Waals surface area (Å²) in [6.07, 6.45) is -0.810. The molecule has 0 aliphatic carbocycles. The topological polar surface area (TPSA) is 112 Å². The largest absolute Gasteiger partial charge is 0.480 e. The van der Waals surface area contributed by atoms with Crippen molar-refractivity contribution in [3.05, 3.63) is 0 Å². The highest BCUT2D eigenvalue weighted by Gasteiger charge is 2.46. The van der Waals surface area contributed by atoms with Gasteiger partial charge in [-0.25, -0.2) is 0 Å². The van der Waals surface area contributed by atoms with Gasteiger partial charge < -0.3 is 20.1 Å². The normalized spacial score (nSPS) is 10.8. The van der Waals surface area contributed by atoms with Gasteiger partial charge in [0.05, 0.1) is 0 Å². The smallest absolute Gasteiger partial charge is 0.328 e. The van der Waals surface area contributed by atoms with Gasteiger partial charge in [0.15, 0.2) is 0 Å². The van der Waals surface area contributed by atoms with E-state index in [0.29, 0.717) is 0 Å². The van der Waals surface area contributed by atoms with Crippen molar-refractivity contribution in [2.75, 3.05) is 6.61 Å². The lowest BCUT2D eigenvalue weighted by Crippen LogP contribution is -2.41. The zero-order valence-corrected chi connectivity index (χ0v) is 6.06. The molecule has 0 rings (SSSR count). The minimum absolute atomic E-state index is 0.187. The third kappa shape index (κ3) is 1.59. The van der Waals surface area contributed by atoms with E-state index in [2.05, 4.69) is 0 Å². The summed E-state index contributed by atoms with van der Waals surface area (Å²) in [5, 5.41) is 25.1. The predicted octanol–water partition coefficient (Wildman–Crippen LogP) is -1.28. The average molecular weight is 176 g/mol. The molecule has 0 radical (unpaired) electrons. The summed E-state index contributed by atoms with van der Waals surface area (Å²) in [4.78, 5) is 30.9. The Morgan fingerprint density at radius 1 is 1.25 bits per heavy atom. The van der Waals surface area contributed by atoms with Crippen molar-refractivity contribution in [1.82, 2.24) is 0 Å². The van der Waals surface area contributed by atoms with Crippen LogP contribution in [0.5, 0.6) is 0 Å². The van der Waals surface area contributed by atoms with E-state index in [0.717, 1.165) is 0 Å². The molecule has 0 bridgehead atoms. The van der Waals surface area contributed by atoms with Crippen molar-refractivity contribution in [3.8, 4) is 0 Å². The molecule has 12 heavy (non-hydrogen) atoms. The van der Waals surface area contributed by atoms with E-state index in [1.165, 1.54) is 0 Å². The molecule has 3 N–H and O–H groups in total. The van der Waals surface area contributed by atoms with E-state index >= 15 is 0 Å². The lowest BCUT2D eigenvalue weighted by molar-refractivity contribution is -0.166. The van der Waals surface area contributed by atoms with Gasteiger partial charge in [-0.3, -0.25) is 9.59 Å². The minimum Gasteiger partial charge on any atom is -0.480 e. The van der Waals surface area contributed by atoms with Gasteiger partial charge in [-0.1, -0.05) is 0 Å². The Kier molecular flexibility index (Phi) is 3.36. The predicted molar refractivity (Wildman–Crippen MR) is 35.5 cm³/mol. The van der Waals surface area contributed by atoms with Crippen LogP contribution in [0.15, 0.2) is 0 Å². The van der Waals surface area contributed by atoms with Crippen LogP contribution in [0.1, 0.15) is 6.42 Å². The maximum absolute atomic E-state index is 10.4. The maximum Gasteiger partial charge on any atom is 0.328 e. The van der Waals surface area contributed by atoms with Crippen molar-refractivity contribution in [2.45, 2.75) is 6.42 Å². The fourth-order valence-corrected chi connectivity index (χ4v) is 0.641. The van der Waals surface area contributed by atoms with Crippen molar-refractivity contribution in [3.63, 3.8) is 0 Å². The lowest BCUT2D eigenvalue weighted by atomic mass is 9.87. The highest BCUT2D eigenvalue weighted by Crippen LogP contribution is 2.19. The highest BCUT2D eigenvalue weighted by molar-refractivity contribution is 6.12. The molecule has 0 aromatic heterocycles. The van der Waals surface area contributed by atoms with Gasteiger partial charge in [-0.2, -0.15) is 0 Å². The summed E-state index contributed by atoms with van der Waals surface area (Å²) in [5.74, 6) is -3.53. The van der Waals surface area contributed by atoms with Crippen LogP contribution >= 0.6 is 0 Å². The second kappa shape index (κ2) is 3.82. The molecular weight excluding hydrogens is 168 g/mol. The molecule has 0 aliphatic rings. The Balaban J connectivity index is 4.89. The summed E-state index contributed by atoms with van der Waals surface area (Å²) in [7, 11) is 0. The van der Waals surface area contributed by atoms with Crippen molar-refractivity contribution < 1.29 is 29.7 Å². The summed E-state index contributed by atoms with van der Waals surface area (Å²) in [5.41, 5.74) is -2.51. The van der Waals surface area contributed by atoms with Gasteiger partial charge in [0.2, 0.25) is 5.41 Å². The van der Waals surface area contributed by atoms with Crippen LogP contribution in [0.4, 0.5) is 0 Å². The second-order valence-corrected chi connectivity index (χ2v) is 2.17. The summed E-state index contributed by atoms with van der Waals surface area (Å²) in [6.45, 7) is -0.669. The van der Waals surface area contributed by atoms with Gasteiger partial charge in [0.1, 0.15) is 6.29 Å². The van der Waals surface area contributed by atoms with Crippen LogP contribution in [-0.4, -0.2) is 40.2 Å². The molecule has 0 heterocycles. The van der Waals surface area contributed by atoms with Crippen molar-refractivity contribution in [2.24, 2.45) is 5.41 Å². The Hall–Kier alpha value is -1.43. The van der Waals surface area contributed by atoms with Gasteiger partial charge in [0.25, 0.3) is 0 Å². The molecule has 0 aromatic rings. The van der Waals surface area contributed by atoms with Crippen LogP contribution in [0.25, 0.3) is 0 Å². The SMILES string of the molecule is O=CC(CCO)(C(=O)O)C(=O)O. The molecule has 0 aliphatic heterocycles. The van der Waals surface area contributed by atoms with Gasteiger partial charge in [-0.05, 0) is 0 Å². The number of carboxylic acids is 2. The number of carbonyl (C=O) groups is 3. The van der Waals surface area contributed by atoms with E-state index in [-0.39, 0.29) is 6.29 Å². The number of aliphatic carboxylic acids is 2. The van der Waals surface area contributed by atoms with E-state index in [1.54, 1.807) is 0 Å². The van der Waals surface area contributed by atoms with E-state index in [9.17, 15) is 14.4 Å². The molecule has 0 fully saturated rings. The van der Waals surface area contributed by atoms with Crippen LogP contribution in [0.3, 0.4) is 0 Å². The van der Waals surface area contributed by atoms with Gasteiger partial charge in [0, 0.05) is 13.0 Å². The van der Waals surface area contributed by atoms with Crippen LogP contribution in [0.2, 0.25) is 0 Å². The Morgan fingerprint density at radius 2 is 1.67 bits per heavy atom. The van der Waals surface area contributed by atoms with Gasteiger partial charge >= 0.3 is 11.9 Å². The molecule has 0 saturated heterocycles. The second-order valence-electron chi connectivity index (χ2n) is 2.17. The number of aliphatic hydroxyl groups is 1. The number of aliphatic hydroxyl groups excluding tert-OH is 1. The molecule has 0 amide bonds. The van der Waals surface area contributed by atoms with Crippen molar-refractivity contribution >= 4 is 18.2 Å². The summed E-state index contributed by atoms with van der Waals surface area (Å²) in [6, 6.07) is 0. The minimum atomic E-state index is -2.51. The summed E-state index contributed by atoms with van der Waals surface area (Å²) < 4.78 is 0.